The van der Waals surface area contributed by atoms with Gasteiger partial charge in [-0.2, -0.15) is 14.4 Å². The molecule has 2 saturated heterocycles. The standard InChI is InChI=1S/2C6H13IS/c2*1-8(7)5-3-2-4-6-8/h2*2-6H2,1H3. The SMILES string of the molecule is CS1(I)CCCCC1.CS1(I)CCCCC1. The Morgan fingerprint density at radius 1 is 0.562 bits per heavy atom. The van der Waals surface area contributed by atoms with Gasteiger partial charge in [0.2, 0.25) is 0 Å². The maximum absolute atomic E-state index is 2.67. The topological polar surface area (TPSA) is 0 Å². The van der Waals surface area contributed by atoms with Crippen molar-refractivity contribution in [2.75, 3.05) is 35.5 Å². The molecule has 2 heterocycles. The lowest BCUT2D eigenvalue weighted by molar-refractivity contribution is 0.760. The van der Waals surface area contributed by atoms with Gasteiger partial charge in [-0.15, -0.1) is 0 Å². The van der Waals surface area contributed by atoms with Crippen LogP contribution < -0.4 is 0 Å². The van der Waals surface area contributed by atoms with E-state index in [1.165, 1.54) is 61.5 Å². The van der Waals surface area contributed by atoms with E-state index in [4.69, 9.17) is 0 Å². The van der Waals surface area contributed by atoms with Crippen molar-refractivity contribution >= 4 is 56.8 Å². The fraction of sp³-hybridized carbons (Fsp3) is 1.00. The van der Waals surface area contributed by atoms with E-state index in [1.807, 2.05) is 0 Å². The average Bonchev–Trinajstić information content (AvgIpc) is 2.17. The van der Waals surface area contributed by atoms with E-state index >= 15 is 0 Å². The van der Waals surface area contributed by atoms with Gasteiger partial charge < -0.3 is 0 Å². The summed E-state index contributed by atoms with van der Waals surface area (Å²) in [5.41, 5.74) is 0. The molecule has 0 nitrogen and oxygen atoms in total. The first kappa shape index (κ1) is 16.2. The summed E-state index contributed by atoms with van der Waals surface area (Å²) >= 11 is 5.35. The maximum atomic E-state index is 2.67. The summed E-state index contributed by atoms with van der Waals surface area (Å²) in [6.07, 6.45) is 13.9. The van der Waals surface area contributed by atoms with Crippen LogP contribution in [0, 0.1) is 0 Å². The van der Waals surface area contributed by atoms with E-state index in [0.717, 1.165) is 0 Å². The average molecular weight is 488 g/mol. The quantitative estimate of drug-likeness (QED) is 0.372. The number of hydrogen-bond acceptors (Lipinski definition) is 0. The first-order valence-corrected chi connectivity index (χ1v) is 16.1. The van der Waals surface area contributed by atoms with Gasteiger partial charge in [0.25, 0.3) is 0 Å². The van der Waals surface area contributed by atoms with Crippen LogP contribution in [0.25, 0.3) is 0 Å². The Morgan fingerprint density at radius 2 is 0.812 bits per heavy atom. The Hall–Kier alpha value is 2.16. The predicted octanol–water partition coefficient (Wildman–Crippen LogP) is 5.91. The second-order valence-electron chi connectivity index (χ2n) is 5.25. The van der Waals surface area contributed by atoms with E-state index in [2.05, 4.69) is 54.9 Å². The third-order valence-electron chi connectivity index (χ3n) is 3.28. The zero-order valence-corrected chi connectivity index (χ0v) is 16.6. The van der Waals surface area contributed by atoms with Crippen LogP contribution in [0.3, 0.4) is 0 Å². The monoisotopic (exact) mass is 488 g/mol. The first-order chi connectivity index (χ1) is 7.41. The highest BCUT2D eigenvalue weighted by molar-refractivity contribution is 14.2. The van der Waals surface area contributed by atoms with Crippen LogP contribution in [-0.4, -0.2) is 35.5 Å². The van der Waals surface area contributed by atoms with Gasteiger partial charge in [0, 0.05) is 0 Å². The van der Waals surface area contributed by atoms with Gasteiger partial charge in [-0.3, -0.25) is 0 Å². The molecule has 0 aliphatic carbocycles. The molecule has 0 aromatic rings. The van der Waals surface area contributed by atoms with Gasteiger partial charge in [-0.25, -0.2) is 0 Å². The summed E-state index contributed by atoms with van der Waals surface area (Å²) in [6, 6.07) is 0. The normalized spacial score (nSPS) is 31.8. The predicted molar refractivity (Wildman–Crippen MR) is 102 cm³/mol. The number of rotatable bonds is 0. The Balaban J connectivity index is 0.000000160. The fourth-order valence-electron chi connectivity index (χ4n) is 2.17. The lowest BCUT2D eigenvalue weighted by Crippen LogP contribution is -2.06. The Labute approximate surface area is 129 Å². The Morgan fingerprint density at radius 3 is 0.938 bits per heavy atom. The summed E-state index contributed by atoms with van der Waals surface area (Å²) < 4.78 is 0. The molecule has 2 aliphatic rings. The highest BCUT2D eigenvalue weighted by atomic mass is 127. The Bertz CT molecular complexity index is 167. The van der Waals surface area contributed by atoms with Crippen molar-refractivity contribution in [3.05, 3.63) is 0 Å². The van der Waals surface area contributed by atoms with E-state index in [9.17, 15) is 0 Å². The van der Waals surface area contributed by atoms with Crippen molar-refractivity contribution < 1.29 is 0 Å². The smallest absolute Gasteiger partial charge is 0.0146 e. The molecule has 0 aromatic carbocycles. The van der Waals surface area contributed by atoms with Gasteiger partial charge >= 0.3 is 0 Å². The van der Waals surface area contributed by atoms with Crippen LogP contribution in [0.1, 0.15) is 38.5 Å². The molecule has 100 valence electrons. The van der Waals surface area contributed by atoms with Crippen LogP contribution in [-0.2, 0) is 0 Å². The van der Waals surface area contributed by atoms with Crippen molar-refractivity contribution in [1.82, 2.24) is 0 Å². The molecule has 0 saturated carbocycles. The number of halogens is 2. The van der Waals surface area contributed by atoms with E-state index in [-0.39, 0.29) is 14.4 Å². The van der Waals surface area contributed by atoms with E-state index in [0.29, 0.717) is 0 Å². The third kappa shape index (κ3) is 7.56. The molecule has 0 N–H and O–H groups in total. The minimum atomic E-state index is -0.113. The van der Waals surface area contributed by atoms with Crippen molar-refractivity contribution in [2.24, 2.45) is 0 Å². The minimum Gasteiger partial charge on any atom is -0.190 e. The summed E-state index contributed by atoms with van der Waals surface area (Å²) in [5, 5.41) is 0. The van der Waals surface area contributed by atoms with E-state index in [1.54, 1.807) is 0 Å². The van der Waals surface area contributed by atoms with Crippen LogP contribution in [0.5, 0.6) is 0 Å². The highest BCUT2D eigenvalue weighted by Gasteiger charge is 2.17. The summed E-state index contributed by atoms with van der Waals surface area (Å²) in [4.78, 5) is 0. The molecule has 16 heavy (non-hydrogen) atoms. The molecule has 2 aliphatic heterocycles. The largest absolute Gasteiger partial charge is 0.190 e. The fourth-order valence-corrected chi connectivity index (χ4v) is 9.54. The molecule has 2 fully saturated rings. The van der Waals surface area contributed by atoms with Crippen LogP contribution in [0.2, 0.25) is 0 Å². The molecular formula is C12H26I2S2. The van der Waals surface area contributed by atoms with Gasteiger partial charge in [0.05, 0.1) is 0 Å². The van der Waals surface area contributed by atoms with Crippen molar-refractivity contribution in [3.63, 3.8) is 0 Å². The second-order valence-corrected chi connectivity index (χ2v) is 24.3. The third-order valence-corrected chi connectivity index (χ3v) is 13.1. The Kier molecular flexibility index (Phi) is 7.78. The first-order valence-electron chi connectivity index (χ1n) is 6.28. The zero-order valence-electron chi connectivity index (χ0n) is 10.6. The zero-order chi connectivity index (χ0) is 12.1. The van der Waals surface area contributed by atoms with Crippen molar-refractivity contribution in [2.45, 2.75) is 38.5 Å². The summed E-state index contributed by atoms with van der Waals surface area (Å²) in [7, 11) is -0.226. The van der Waals surface area contributed by atoms with Gasteiger partial charge in [-0.05, 0) is 104 Å². The molecular weight excluding hydrogens is 462 g/mol. The van der Waals surface area contributed by atoms with Crippen LogP contribution in [0.4, 0.5) is 0 Å². The number of hydrogen-bond donors (Lipinski definition) is 0. The highest BCUT2D eigenvalue weighted by Crippen LogP contribution is 2.56. The lowest BCUT2D eigenvalue weighted by Gasteiger charge is -2.32. The van der Waals surface area contributed by atoms with Gasteiger partial charge in [0.1, 0.15) is 0 Å². The van der Waals surface area contributed by atoms with Crippen LogP contribution in [0.15, 0.2) is 0 Å². The van der Waals surface area contributed by atoms with Crippen LogP contribution >= 0.6 is 56.8 Å². The minimum absolute atomic E-state index is 0.113. The summed E-state index contributed by atoms with van der Waals surface area (Å²) in [5.74, 6) is 6.09. The molecule has 0 aromatic heterocycles. The molecule has 0 amide bonds. The van der Waals surface area contributed by atoms with E-state index < -0.39 is 0 Å². The molecule has 0 spiro atoms. The van der Waals surface area contributed by atoms with Crippen molar-refractivity contribution in [1.29, 1.82) is 0 Å². The maximum Gasteiger partial charge on any atom is -0.0146 e. The molecule has 0 radical (unpaired) electrons. The molecule has 0 atom stereocenters. The lowest BCUT2D eigenvalue weighted by atomic mass is 10.3. The van der Waals surface area contributed by atoms with Gasteiger partial charge in [0.15, 0.2) is 0 Å². The molecule has 2 rings (SSSR count). The molecule has 0 bridgehead atoms. The summed E-state index contributed by atoms with van der Waals surface area (Å²) in [6.45, 7) is 0. The second kappa shape index (κ2) is 7.68. The molecule has 4 heteroatoms. The van der Waals surface area contributed by atoms with Crippen molar-refractivity contribution in [3.8, 4) is 0 Å². The van der Waals surface area contributed by atoms with Gasteiger partial charge in [-0.1, -0.05) is 12.8 Å². The molecule has 0 unspecified atom stereocenters.